The molecule has 0 spiro atoms. The first-order valence-electron chi connectivity index (χ1n) is 4.56. The van der Waals surface area contributed by atoms with Gasteiger partial charge in [-0.25, -0.2) is 4.98 Å². The number of nitrogens with zero attached hydrogens (tertiary/aromatic N) is 2. The van der Waals surface area contributed by atoms with Gasteiger partial charge in [0, 0.05) is 10.4 Å². The van der Waals surface area contributed by atoms with E-state index in [4.69, 9.17) is 0 Å². The van der Waals surface area contributed by atoms with Crippen molar-refractivity contribution in [1.29, 1.82) is 0 Å². The van der Waals surface area contributed by atoms with Crippen LogP contribution in [0.3, 0.4) is 0 Å². The standard InChI is InChI=1S/C10H10N2OS/c1-6(13)9-10-7(2-3-14-10)8-4-11-5-12(8)9/h2-6,9,13H,1H3. The molecule has 2 atom stereocenters. The lowest BCUT2D eigenvalue weighted by Gasteiger charge is -2.16. The van der Waals surface area contributed by atoms with Crippen LogP contribution in [0.2, 0.25) is 0 Å². The SMILES string of the molecule is CC(O)C1c2sccc2-c2cncn21. The molecule has 0 radical (unpaired) electrons. The second-order valence-corrected chi connectivity index (χ2v) is 4.52. The second-order valence-electron chi connectivity index (χ2n) is 3.57. The van der Waals surface area contributed by atoms with E-state index < -0.39 is 0 Å². The summed E-state index contributed by atoms with van der Waals surface area (Å²) >= 11 is 1.70. The lowest BCUT2D eigenvalue weighted by molar-refractivity contribution is 0.153. The zero-order valence-electron chi connectivity index (χ0n) is 7.71. The number of fused-ring (bicyclic) bond motifs is 3. The van der Waals surface area contributed by atoms with Crippen LogP contribution in [0.4, 0.5) is 0 Å². The van der Waals surface area contributed by atoms with Gasteiger partial charge in [0.2, 0.25) is 0 Å². The normalized spacial score (nSPS) is 20.6. The van der Waals surface area contributed by atoms with Crippen LogP contribution in [-0.4, -0.2) is 20.8 Å². The third-order valence-electron chi connectivity index (χ3n) is 2.66. The van der Waals surface area contributed by atoms with Gasteiger partial charge >= 0.3 is 0 Å². The summed E-state index contributed by atoms with van der Waals surface area (Å²) in [5, 5.41) is 11.8. The zero-order valence-corrected chi connectivity index (χ0v) is 8.53. The molecule has 1 aliphatic rings. The lowest BCUT2D eigenvalue weighted by Crippen LogP contribution is -2.18. The van der Waals surface area contributed by atoms with Gasteiger partial charge in [-0.1, -0.05) is 0 Å². The number of imidazole rings is 1. The van der Waals surface area contributed by atoms with Gasteiger partial charge in [0.05, 0.1) is 30.4 Å². The maximum Gasteiger partial charge on any atom is 0.0957 e. The van der Waals surface area contributed by atoms with Crippen LogP contribution in [0.15, 0.2) is 24.0 Å². The Balaban J connectivity index is 2.27. The average Bonchev–Trinajstić information content (AvgIpc) is 2.70. The molecule has 0 fully saturated rings. The highest BCUT2D eigenvalue weighted by Gasteiger charge is 2.32. The molecule has 0 saturated carbocycles. The molecule has 2 unspecified atom stereocenters. The van der Waals surface area contributed by atoms with Gasteiger partial charge in [-0.3, -0.25) is 0 Å². The van der Waals surface area contributed by atoms with Crippen molar-refractivity contribution in [2.24, 2.45) is 0 Å². The van der Waals surface area contributed by atoms with Crippen LogP contribution < -0.4 is 0 Å². The predicted molar refractivity (Wildman–Crippen MR) is 55.4 cm³/mol. The van der Waals surface area contributed by atoms with Gasteiger partial charge in [-0.15, -0.1) is 11.3 Å². The quantitative estimate of drug-likeness (QED) is 0.773. The fourth-order valence-electron chi connectivity index (χ4n) is 2.07. The van der Waals surface area contributed by atoms with Gasteiger partial charge < -0.3 is 9.67 Å². The Morgan fingerprint density at radius 3 is 3.29 bits per heavy atom. The topological polar surface area (TPSA) is 38.1 Å². The van der Waals surface area contributed by atoms with E-state index in [2.05, 4.69) is 16.4 Å². The number of aliphatic hydroxyl groups excluding tert-OH is 1. The zero-order chi connectivity index (χ0) is 9.71. The molecule has 2 aromatic heterocycles. The number of aliphatic hydroxyl groups is 1. The summed E-state index contributed by atoms with van der Waals surface area (Å²) in [6.45, 7) is 1.82. The van der Waals surface area contributed by atoms with Crippen molar-refractivity contribution in [3.05, 3.63) is 28.8 Å². The Hall–Kier alpha value is -1.13. The molecule has 3 heterocycles. The van der Waals surface area contributed by atoms with Crippen LogP contribution in [0, 0.1) is 0 Å². The number of rotatable bonds is 1. The summed E-state index contributed by atoms with van der Waals surface area (Å²) < 4.78 is 2.05. The third-order valence-corrected chi connectivity index (χ3v) is 3.65. The fourth-order valence-corrected chi connectivity index (χ4v) is 3.17. The minimum atomic E-state index is -0.372. The van der Waals surface area contributed by atoms with Gasteiger partial charge in [0.25, 0.3) is 0 Å². The molecule has 3 nitrogen and oxygen atoms in total. The third kappa shape index (κ3) is 0.871. The Bertz CT molecular complexity index is 432. The molecule has 4 heteroatoms. The Morgan fingerprint density at radius 1 is 1.64 bits per heavy atom. The predicted octanol–water partition coefficient (Wildman–Crippen LogP) is 1.90. The van der Waals surface area contributed by atoms with E-state index in [1.165, 1.54) is 10.4 Å². The van der Waals surface area contributed by atoms with Crippen molar-refractivity contribution in [1.82, 2.24) is 9.55 Å². The number of thiophene rings is 1. The maximum atomic E-state index is 9.74. The minimum Gasteiger partial charge on any atom is -0.391 e. The molecule has 2 aromatic rings. The summed E-state index contributed by atoms with van der Waals surface area (Å²) in [4.78, 5) is 5.36. The minimum absolute atomic E-state index is 0.0579. The van der Waals surface area contributed by atoms with E-state index in [1.807, 2.05) is 17.7 Å². The first-order chi connectivity index (χ1) is 6.79. The molecule has 0 aliphatic carbocycles. The van der Waals surface area contributed by atoms with Gasteiger partial charge in [-0.05, 0) is 18.4 Å². The van der Waals surface area contributed by atoms with Gasteiger partial charge in [0.1, 0.15) is 0 Å². The molecule has 1 aliphatic heterocycles. The van der Waals surface area contributed by atoms with Crippen molar-refractivity contribution in [3.8, 4) is 11.3 Å². The Labute approximate surface area is 85.7 Å². The summed E-state index contributed by atoms with van der Waals surface area (Å²) in [5.74, 6) is 0. The molecule has 14 heavy (non-hydrogen) atoms. The van der Waals surface area contributed by atoms with E-state index >= 15 is 0 Å². The monoisotopic (exact) mass is 206 g/mol. The van der Waals surface area contributed by atoms with Crippen molar-refractivity contribution < 1.29 is 5.11 Å². The number of aromatic nitrogens is 2. The van der Waals surface area contributed by atoms with Crippen LogP contribution in [0.1, 0.15) is 17.8 Å². The van der Waals surface area contributed by atoms with E-state index in [9.17, 15) is 5.11 Å². The van der Waals surface area contributed by atoms with E-state index in [0.717, 1.165) is 5.69 Å². The average molecular weight is 206 g/mol. The summed E-state index contributed by atoms with van der Waals surface area (Å²) in [6.07, 6.45) is 3.27. The summed E-state index contributed by atoms with van der Waals surface area (Å²) in [7, 11) is 0. The van der Waals surface area contributed by atoms with E-state index in [-0.39, 0.29) is 12.1 Å². The Kier molecular flexibility index (Phi) is 1.57. The molecule has 0 bridgehead atoms. The van der Waals surface area contributed by atoms with Crippen molar-refractivity contribution >= 4 is 11.3 Å². The number of hydrogen-bond donors (Lipinski definition) is 1. The van der Waals surface area contributed by atoms with Crippen molar-refractivity contribution in [2.75, 3.05) is 0 Å². The highest BCUT2D eigenvalue weighted by Crippen LogP contribution is 2.43. The highest BCUT2D eigenvalue weighted by atomic mass is 32.1. The van der Waals surface area contributed by atoms with E-state index in [0.29, 0.717) is 0 Å². The first kappa shape index (κ1) is 8.20. The maximum absolute atomic E-state index is 9.74. The fraction of sp³-hybridized carbons (Fsp3) is 0.300. The van der Waals surface area contributed by atoms with Crippen molar-refractivity contribution in [3.63, 3.8) is 0 Å². The lowest BCUT2D eigenvalue weighted by atomic mass is 10.1. The van der Waals surface area contributed by atoms with Crippen LogP contribution in [0.25, 0.3) is 11.3 Å². The molecular weight excluding hydrogens is 196 g/mol. The van der Waals surface area contributed by atoms with Crippen molar-refractivity contribution in [2.45, 2.75) is 19.1 Å². The molecule has 72 valence electrons. The first-order valence-corrected chi connectivity index (χ1v) is 5.44. The van der Waals surface area contributed by atoms with Crippen LogP contribution in [0.5, 0.6) is 0 Å². The second kappa shape index (κ2) is 2.68. The van der Waals surface area contributed by atoms with E-state index in [1.54, 1.807) is 17.7 Å². The molecule has 0 saturated heterocycles. The molecule has 1 N–H and O–H groups in total. The molecule has 0 amide bonds. The van der Waals surface area contributed by atoms with Gasteiger partial charge in [-0.2, -0.15) is 0 Å². The summed E-state index contributed by atoms with van der Waals surface area (Å²) in [6, 6.07) is 2.15. The number of hydrogen-bond acceptors (Lipinski definition) is 3. The van der Waals surface area contributed by atoms with Gasteiger partial charge in [0.15, 0.2) is 0 Å². The largest absolute Gasteiger partial charge is 0.391 e. The van der Waals surface area contributed by atoms with Crippen LogP contribution in [-0.2, 0) is 0 Å². The van der Waals surface area contributed by atoms with Crippen LogP contribution >= 0.6 is 11.3 Å². The molecular formula is C10H10N2OS. The molecule has 0 aromatic carbocycles. The highest BCUT2D eigenvalue weighted by molar-refractivity contribution is 7.10. The summed E-state index contributed by atoms with van der Waals surface area (Å²) in [5.41, 5.74) is 2.34. The molecule has 3 rings (SSSR count). The Morgan fingerprint density at radius 2 is 2.50 bits per heavy atom. The smallest absolute Gasteiger partial charge is 0.0957 e.